The molecule has 1 fully saturated rings. The number of nitrogens with zero attached hydrogens (tertiary/aromatic N) is 1. The van der Waals surface area contributed by atoms with Gasteiger partial charge in [0.15, 0.2) is 0 Å². The van der Waals surface area contributed by atoms with Crippen molar-refractivity contribution in [1.29, 1.82) is 0 Å². The molecule has 36 heavy (non-hydrogen) atoms. The minimum absolute atomic E-state index is 0.149. The first-order chi connectivity index (χ1) is 17.1. The summed E-state index contributed by atoms with van der Waals surface area (Å²) in [6, 6.07) is 23.4. The second-order valence-electron chi connectivity index (χ2n) is 11.6. The Hall–Kier alpha value is -2.46. The SMILES string of the molecule is C=C(N)c1ccc(CN2CC3(c4cc(Cl)ccc42)C(CC(C)(C)C)NC[C@@H]3c2ccccc2Cl)cc1. The van der Waals surface area contributed by atoms with Crippen molar-refractivity contribution in [2.45, 2.75) is 51.1 Å². The van der Waals surface area contributed by atoms with Crippen molar-refractivity contribution < 1.29 is 0 Å². The van der Waals surface area contributed by atoms with Gasteiger partial charge in [-0.1, -0.05) is 93.0 Å². The van der Waals surface area contributed by atoms with Gasteiger partial charge >= 0.3 is 0 Å². The zero-order valence-corrected chi connectivity index (χ0v) is 22.8. The van der Waals surface area contributed by atoms with Crippen LogP contribution in [0.2, 0.25) is 10.0 Å². The van der Waals surface area contributed by atoms with Crippen LogP contribution in [0.4, 0.5) is 5.69 Å². The van der Waals surface area contributed by atoms with Crippen LogP contribution < -0.4 is 16.0 Å². The van der Waals surface area contributed by atoms with E-state index in [1.807, 2.05) is 18.2 Å². The fraction of sp³-hybridized carbons (Fsp3) is 0.355. The van der Waals surface area contributed by atoms with E-state index >= 15 is 0 Å². The zero-order chi connectivity index (χ0) is 25.7. The second kappa shape index (κ2) is 9.45. The van der Waals surface area contributed by atoms with Crippen LogP contribution >= 0.6 is 23.2 Å². The third-order valence-electron chi connectivity index (χ3n) is 7.86. The van der Waals surface area contributed by atoms with Crippen LogP contribution in [0, 0.1) is 5.41 Å². The summed E-state index contributed by atoms with van der Waals surface area (Å²) in [6.45, 7) is 13.4. The van der Waals surface area contributed by atoms with E-state index in [2.05, 4.69) is 86.1 Å². The molecule has 0 saturated carbocycles. The standard InChI is InChI=1S/C31H35Cl2N3/c1-20(34)22-11-9-21(10-12-22)18-36-19-31(25-15-23(32)13-14-28(25)36)26(24-7-5-6-8-27(24)33)17-35-29(31)16-30(2,3)4/h5-15,26,29,35H,1,16-19,34H2,2-4H3/t26-,29?,31?/m1/s1. The maximum absolute atomic E-state index is 6.83. The first-order valence-corrected chi connectivity index (χ1v) is 13.4. The number of nitrogens with two attached hydrogens (primary N) is 1. The molecule has 3 aromatic rings. The van der Waals surface area contributed by atoms with Crippen molar-refractivity contribution in [2.75, 3.05) is 18.0 Å². The van der Waals surface area contributed by atoms with Crippen LogP contribution in [0.5, 0.6) is 0 Å². The molecular formula is C31H35Cl2N3. The van der Waals surface area contributed by atoms with Crippen LogP contribution in [0.25, 0.3) is 5.70 Å². The molecular weight excluding hydrogens is 485 g/mol. The van der Waals surface area contributed by atoms with Crippen molar-refractivity contribution in [3.8, 4) is 0 Å². The minimum atomic E-state index is -0.149. The normalized spacial score (nSPS) is 23.3. The molecule has 0 aliphatic carbocycles. The minimum Gasteiger partial charge on any atom is -0.399 e. The summed E-state index contributed by atoms with van der Waals surface area (Å²) in [5.41, 5.74) is 12.5. The molecule has 3 nitrogen and oxygen atoms in total. The van der Waals surface area contributed by atoms with E-state index in [1.54, 1.807) is 0 Å². The second-order valence-corrected chi connectivity index (χ2v) is 12.4. The molecule has 5 heteroatoms. The third-order valence-corrected chi connectivity index (χ3v) is 8.44. The lowest BCUT2D eigenvalue weighted by atomic mass is 9.64. The Morgan fingerprint density at radius 1 is 1.08 bits per heavy atom. The highest BCUT2D eigenvalue weighted by molar-refractivity contribution is 6.31. The number of benzene rings is 3. The fourth-order valence-electron chi connectivity index (χ4n) is 6.30. The summed E-state index contributed by atoms with van der Waals surface area (Å²) in [7, 11) is 0. The molecule has 188 valence electrons. The van der Waals surface area contributed by atoms with Gasteiger partial charge in [-0.25, -0.2) is 0 Å². The molecule has 0 bridgehead atoms. The molecule has 0 aromatic heterocycles. The maximum atomic E-state index is 6.83. The molecule has 1 spiro atoms. The number of hydrogen-bond acceptors (Lipinski definition) is 3. The number of halogens is 2. The van der Waals surface area contributed by atoms with Gasteiger partial charge < -0.3 is 16.0 Å². The number of nitrogens with one attached hydrogen (secondary N) is 1. The van der Waals surface area contributed by atoms with E-state index < -0.39 is 0 Å². The summed E-state index contributed by atoms with van der Waals surface area (Å²) >= 11 is 13.5. The summed E-state index contributed by atoms with van der Waals surface area (Å²) in [5, 5.41) is 5.55. The fourth-order valence-corrected chi connectivity index (χ4v) is 6.74. The van der Waals surface area contributed by atoms with Gasteiger partial charge in [-0.3, -0.25) is 0 Å². The average Bonchev–Trinajstić information content (AvgIpc) is 3.31. The summed E-state index contributed by atoms with van der Waals surface area (Å²) < 4.78 is 0. The highest BCUT2D eigenvalue weighted by Gasteiger charge is 2.57. The van der Waals surface area contributed by atoms with E-state index in [4.69, 9.17) is 28.9 Å². The van der Waals surface area contributed by atoms with Gasteiger partial charge in [0, 0.05) is 58.4 Å². The number of anilines is 1. The lowest BCUT2D eigenvalue weighted by molar-refractivity contribution is 0.256. The molecule has 3 aromatic carbocycles. The van der Waals surface area contributed by atoms with Gasteiger partial charge in [0.25, 0.3) is 0 Å². The summed E-state index contributed by atoms with van der Waals surface area (Å²) in [5.74, 6) is 0.240. The molecule has 2 aliphatic rings. The first-order valence-electron chi connectivity index (χ1n) is 12.6. The van der Waals surface area contributed by atoms with Gasteiger partial charge in [-0.2, -0.15) is 0 Å². The summed E-state index contributed by atoms with van der Waals surface area (Å²) in [6.07, 6.45) is 1.06. The van der Waals surface area contributed by atoms with Gasteiger partial charge in [-0.05, 0) is 58.4 Å². The Kier molecular flexibility index (Phi) is 6.61. The Labute approximate surface area is 225 Å². The topological polar surface area (TPSA) is 41.3 Å². The molecule has 0 amide bonds. The van der Waals surface area contributed by atoms with Crippen LogP contribution in [-0.4, -0.2) is 19.1 Å². The third kappa shape index (κ3) is 4.53. The van der Waals surface area contributed by atoms with E-state index in [0.717, 1.165) is 41.7 Å². The quantitative estimate of drug-likeness (QED) is 0.369. The van der Waals surface area contributed by atoms with E-state index in [9.17, 15) is 0 Å². The van der Waals surface area contributed by atoms with Gasteiger partial charge in [0.2, 0.25) is 0 Å². The van der Waals surface area contributed by atoms with Crippen molar-refractivity contribution in [2.24, 2.45) is 11.1 Å². The summed E-state index contributed by atoms with van der Waals surface area (Å²) in [4.78, 5) is 2.52. The number of rotatable bonds is 5. The molecule has 3 N–H and O–H groups in total. The molecule has 0 radical (unpaired) electrons. The molecule has 2 unspecified atom stereocenters. The Morgan fingerprint density at radius 3 is 2.47 bits per heavy atom. The van der Waals surface area contributed by atoms with E-state index in [0.29, 0.717) is 11.7 Å². The van der Waals surface area contributed by atoms with Crippen LogP contribution in [0.15, 0.2) is 73.3 Å². The molecule has 2 heterocycles. The van der Waals surface area contributed by atoms with Gasteiger partial charge in [0.05, 0.1) is 0 Å². The molecule has 5 rings (SSSR count). The van der Waals surface area contributed by atoms with Gasteiger partial charge in [-0.15, -0.1) is 0 Å². The maximum Gasteiger partial charge on any atom is 0.0441 e. The Morgan fingerprint density at radius 2 is 1.81 bits per heavy atom. The predicted molar refractivity (Wildman–Crippen MR) is 154 cm³/mol. The molecule has 1 saturated heterocycles. The smallest absolute Gasteiger partial charge is 0.0441 e. The van der Waals surface area contributed by atoms with E-state index in [-0.39, 0.29) is 16.7 Å². The van der Waals surface area contributed by atoms with Crippen molar-refractivity contribution in [1.82, 2.24) is 5.32 Å². The van der Waals surface area contributed by atoms with Crippen LogP contribution in [0.3, 0.4) is 0 Å². The van der Waals surface area contributed by atoms with Crippen molar-refractivity contribution in [3.05, 3.63) is 106 Å². The monoisotopic (exact) mass is 519 g/mol. The highest BCUT2D eigenvalue weighted by atomic mass is 35.5. The molecule has 3 atom stereocenters. The first kappa shape index (κ1) is 25.2. The lowest BCUT2D eigenvalue weighted by Crippen LogP contribution is -2.48. The van der Waals surface area contributed by atoms with Crippen molar-refractivity contribution in [3.63, 3.8) is 0 Å². The number of hydrogen-bond donors (Lipinski definition) is 2. The van der Waals surface area contributed by atoms with Gasteiger partial charge in [0.1, 0.15) is 0 Å². The largest absolute Gasteiger partial charge is 0.399 e. The highest BCUT2D eigenvalue weighted by Crippen LogP contribution is 2.56. The van der Waals surface area contributed by atoms with E-state index in [1.165, 1.54) is 22.4 Å². The lowest BCUT2D eigenvalue weighted by Gasteiger charge is -2.40. The van der Waals surface area contributed by atoms with Crippen LogP contribution in [0.1, 0.15) is 55.4 Å². The Bertz CT molecular complexity index is 1280. The van der Waals surface area contributed by atoms with Crippen molar-refractivity contribution >= 4 is 34.6 Å². The molecule has 2 aliphatic heterocycles. The number of fused-ring (bicyclic) bond motifs is 2. The predicted octanol–water partition coefficient (Wildman–Crippen LogP) is 7.37. The average molecular weight is 521 g/mol. The Balaban J connectivity index is 1.62. The zero-order valence-electron chi connectivity index (χ0n) is 21.3. The van der Waals surface area contributed by atoms with Crippen LogP contribution in [-0.2, 0) is 12.0 Å².